The Morgan fingerprint density at radius 3 is 2.47 bits per heavy atom. The molecule has 0 N–H and O–H groups in total. The Morgan fingerprint density at radius 2 is 1.88 bits per heavy atom. The maximum absolute atomic E-state index is 5.47. The highest BCUT2D eigenvalue weighted by atomic mass is 16.5. The van der Waals surface area contributed by atoms with Crippen LogP contribution in [0.15, 0.2) is 24.8 Å². The second kappa shape index (κ2) is 6.36. The summed E-state index contributed by atoms with van der Waals surface area (Å²) in [6, 6.07) is 0. The van der Waals surface area contributed by atoms with Gasteiger partial charge in [-0.15, -0.1) is 6.58 Å². The maximum atomic E-state index is 5.47. The van der Waals surface area contributed by atoms with E-state index in [4.69, 9.17) is 4.74 Å². The molecule has 0 atom stereocenters. The van der Waals surface area contributed by atoms with Gasteiger partial charge < -0.3 is 9.22 Å². The minimum Gasteiger partial charge on any atom is -0.370 e. The SMILES string of the molecule is C=CCCCC=CC(C)(C)[N+]1(C)CCOCC1. The van der Waals surface area contributed by atoms with Crippen molar-refractivity contribution in [3.05, 3.63) is 24.8 Å². The van der Waals surface area contributed by atoms with Crippen LogP contribution in [0.4, 0.5) is 0 Å². The third kappa shape index (κ3) is 3.97. The van der Waals surface area contributed by atoms with Crippen LogP contribution in [0.25, 0.3) is 0 Å². The van der Waals surface area contributed by atoms with Gasteiger partial charge in [-0.1, -0.05) is 12.2 Å². The van der Waals surface area contributed by atoms with Gasteiger partial charge in [0.25, 0.3) is 0 Å². The molecule has 2 heteroatoms. The highest BCUT2D eigenvalue weighted by Crippen LogP contribution is 2.26. The smallest absolute Gasteiger partial charge is 0.112 e. The molecule has 1 aliphatic heterocycles. The van der Waals surface area contributed by atoms with Gasteiger partial charge in [0.1, 0.15) is 18.6 Å². The van der Waals surface area contributed by atoms with E-state index in [9.17, 15) is 0 Å². The summed E-state index contributed by atoms with van der Waals surface area (Å²) < 4.78 is 6.56. The van der Waals surface area contributed by atoms with Crippen LogP contribution in [0, 0.1) is 0 Å². The van der Waals surface area contributed by atoms with Crippen molar-refractivity contribution in [1.29, 1.82) is 0 Å². The van der Waals surface area contributed by atoms with Gasteiger partial charge in [-0.2, -0.15) is 0 Å². The standard InChI is InChI=1S/C15H28NO/c1-5-6-7-8-9-10-15(2,3)16(4)11-13-17-14-12-16/h5,9-10H,1,6-8,11-14H2,2-4H3/q+1. The van der Waals surface area contributed by atoms with E-state index in [2.05, 4.69) is 39.6 Å². The zero-order valence-electron chi connectivity index (χ0n) is 11.7. The molecular weight excluding hydrogens is 210 g/mol. The van der Waals surface area contributed by atoms with E-state index in [0.29, 0.717) is 0 Å². The highest BCUT2D eigenvalue weighted by Gasteiger charge is 2.39. The first kappa shape index (κ1) is 14.5. The fourth-order valence-electron chi connectivity index (χ4n) is 2.25. The van der Waals surface area contributed by atoms with Gasteiger partial charge >= 0.3 is 0 Å². The van der Waals surface area contributed by atoms with Crippen molar-refractivity contribution in [2.75, 3.05) is 33.4 Å². The Labute approximate surface area is 107 Å². The lowest BCUT2D eigenvalue weighted by Gasteiger charge is -2.48. The molecule has 0 bridgehead atoms. The summed E-state index contributed by atoms with van der Waals surface area (Å²) in [6.07, 6.45) is 10.2. The lowest BCUT2D eigenvalue weighted by molar-refractivity contribution is -0.954. The average Bonchev–Trinajstić information content (AvgIpc) is 2.29. The number of unbranched alkanes of at least 4 members (excludes halogenated alkanes) is 2. The van der Waals surface area contributed by atoms with Crippen molar-refractivity contribution in [1.82, 2.24) is 0 Å². The molecule has 17 heavy (non-hydrogen) atoms. The summed E-state index contributed by atoms with van der Waals surface area (Å²) in [7, 11) is 2.34. The lowest BCUT2D eigenvalue weighted by Crippen LogP contribution is -2.62. The molecular formula is C15H28NO+. The van der Waals surface area contributed by atoms with E-state index in [-0.39, 0.29) is 5.54 Å². The van der Waals surface area contributed by atoms with Crippen LogP contribution >= 0.6 is 0 Å². The van der Waals surface area contributed by atoms with E-state index in [0.717, 1.165) is 43.6 Å². The first-order chi connectivity index (χ1) is 8.02. The number of ether oxygens (including phenoxy) is 1. The molecule has 1 fully saturated rings. The maximum Gasteiger partial charge on any atom is 0.112 e. The van der Waals surface area contributed by atoms with Crippen LogP contribution in [0.5, 0.6) is 0 Å². The second-order valence-electron chi connectivity index (χ2n) is 5.73. The molecule has 1 heterocycles. The van der Waals surface area contributed by atoms with Crippen molar-refractivity contribution < 1.29 is 9.22 Å². The molecule has 1 rings (SSSR count). The Balaban J connectivity index is 2.50. The van der Waals surface area contributed by atoms with Crippen LogP contribution in [0.3, 0.4) is 0 Å². The summed E-state index contributed by atoms with van der Waals surface area (Å²) in [5.74, 6) is 0. The van der Waals surface area contributed by atoms with Gasteiger partial charge in [-0.05, 0) is 39.2 Å². The van der Waals surface area contributed by atoms with Crippen molar-refractivity contribution >= 4 is 0 Å². The van der Waals surface area contributed by atoms with Crippen LogP contribution in [0.1, 0.15) is 33.1 Å². The summed E-state index contributed by atoms with van der Waals surface area (Å²) in [5.41, 5.74) is 0.206. The Kier molecular flexibility index (Phi) is 5.41. The van der Waals surface area contributed by atoms with E-state index in [1.807, 2.05) is 6.08 Å². The quantitative estimate of drug-likeness (QED) is 0.392. The number of hydrogen-bond acceptors (Lipinski definition) is 1. The molecule has 0 aromatic carbocycles. The number of nitrogens with zero attached hydrogens (tertiary/aromatic N) is 1. The van der Waals surface area contributed by atoms with Crippen molar-refractivity contribution in [2.24, 2.45) is 0 Å². The number of likely N-dealkylation sites (N-methyl/N-ethyl adjacent to an activating group) is 1. The van der Waals surface area contributed by atoms with E-state index in [1.165, 1.54) is 6.42 Å². The summed E-state index contributed by atoms with van der Waals surface area (Å²) in [4.78, 5) is 0. The Bertz CT molecular complexity index is 262. The summed E-state index contributed by atoms with van der Waals surface area (Å²) in [5, 5.41) is 0. The van der Waals surface area contributed by atoms with Crippen LogP contribution < -0.4 is 0 Å². The molecule has 1 saturated heterocycles. The first-order valence-corrected chi connectivity index (χ1v) is 6.73. The van der Waals surface area contributed by atoms with Crippen LogP contribution in [0.2, 0.25) is 0 Å². The van der Waals surface area contributed by atoms with Gasteiger partial charge in [-0.25, -0.2) is 0 Å². The third-order valence-corrected chi connectivity index (χ3v) is 4.15. The van der Waals surface area contributed by atoms with Crippen molar-refractivity contribution in [3.63, 3.8) is 0 Å². The molecule has 98 valence electrons. The topological polar surface area (TPSA) is 9.23 Å². The predicted octanol–water partition coefficient (Wildman–Crippen LogP) is 3.15. The van der Waals surface area contributed by atoms with E-state index < -0.39 is 0 Å². The molecule has 0 spiro atoms. The van der Waals surface area contributed by atoms with Crippen molar-refractivity contribution in [2.45, 2.75) is 38.6 Å². The highest BCUT2D eigenvalue weighted by molar-refractivity contribution is 4.97. The van der Waals surface area contributed by atoms with E-state index >= 15 is 0 Å². The number of morpholine rings is 1. The van der Waals surface area contributed by atoms with Gasteiger partial charge in [0.2, 0.25) is 0 Å². The fraction of sp³-hybridized carbons (Fsp3) is 0.733. The first-order valence-electron chi connectivity index (χ1n) is 6.73. The minimum absolute atomic E-state index is 0.206. The zero-order valence-corrected chi connectivity index (χ0v) is 11.7. The molecule has 0 amide bonds. The molecule has 0 saturated carbocycles. The molecule has 2 nitrogen and oxygen atoms in total. The summed E-state index contributed by atoms with van der Waals surface area (Å²) >= 11 is 0. The predicted molar refractivity (Wildman–Crippen MR) is 74.0 cm³/mol. The number of allylic oxidation sites excluding steroid dienone is 2. The Morgan fingerprint density at radius 1 is 1.24 bits per heavy atom. The average molecular weight is 238 g/mol. The fourth-order valence-corrected chi connectivity index (χ4v) is 2.25. The normalized spacial score (nSPS) is 20.6. The monoisotopic (exact) mass is 238 g/mol. The number of hydrogen-bond donors (Lipinski definition) is 0. The van der Waals surface area contributed by atoms with Crippen LogP contribution in [-0.2, 0) is 4.74 Å². The second-order valence-corrected chi connectivity index (χ2v) is 5.73. The number of quaternary nitrogens is 1. The third-order valence-electron chi connectivity index (χ3n) is 4.15. The largest absolute Gasteiger partial charge is 0.370 e. The minimum atomic E-state index is 0.206. The zero-order chi connectivity index (χ0) is 12.8. The number of rotatable bonds is 6. The molecule has 0 aromatic rings. The molecule has 0 aromatic heterocycles. The van der Waals surface area contributed by atoms with Crippen LogP contribution in [-0.4, -0.2) is 43.4 Å². The van der Waals surface area contributed by atoms with Crippen molar-refractivity contribution in [3.8, 4) is 0 Å². The molecule has 0 unspecified atom stereocenters. The summed E-state index contributed by atoms with van der Waals surface area (Å²) in [6.45, 7) is 12.4. The van der Waals surface area contributed by atoms with E-state index in [1.54, 1.807) is 0 Å². The van der Waals surface area contributed by atoms with Gasteiger partial charge in [0, 0.05) is 0 Å². The van der Waals surface area contributed by atoms with Gasteiger partial charge in [0.15, 0.2) is 0 Å². The molecule has 1 aliphatic rings. The van der Waals surface area contributed by atoms with Gasteiger partial charge in [0.05, 0.1) is 20.3 Å². The Hall–Kier alpha value is -0.600. The lowest BCUT2D eigenvalue weighted by atomic mass is 9.97. The molecule has 0 aliphatic carbocycles. The van der Waals surface area contributed by atoms with Gasteiger partial charge in [-0.3, -0.25) is 0 Å². The molecule has 0 radical (unpaired) electrons.